The molecule has 0 saturated heterocycles. The molecule has 3 nitrogen and oxygen atoms in total. The van der Waals surface area contributed by atoms with E-state index in [9.17, 15) is 0 Å². The van der Waals surface area contributed by atoms with Gasteiger partial charge < -0.3 is 4.42 Å². The van der Waals surface area contributed by atoms with Crippen LogP contribution in [-0.4, -0.2) is 9.97 Å². The summed E-state index contributed by atoms with van der Waals surface area (Å²) in [5, 5.41) is 1.99. The van der Waals surface area contributed by atoms with Gasteiger partial charge in [-0.25, -0.2) is 4.98 Å². The average Bonchev–Trinajstić information content (AvgIpc) is 3.36. The largest absolute Gasteiger partial charge is 0.437 e. The Labute approximate surface area is 155 Å². The van der Waals surface area contributed by atoms with Gasteiger partial charge in [-0.1, -0.05) is 37.8 Å². The molecule has 1 saturated carbocycles. The van der Waals surface area contributed by atoms with E-state index in [1.165, 1.54) is 0 Å². The maximum Gasteiger partial charge on any atom is 0.227 e. The molecular formula is C23H22N2O. The van der Waals surface area contributed by atoms with Crippen LogP contribution in [0, 0.1) is 12.8 Å². The van der Waals surface area contributed by atoms with Crippen molar-refractivity contribution in [3.05, 3.63) is 59.9 Å². The Bertz CT molecular complexity index is 1180. The average molecular weight is 344 g/mol. The molecule has 0 unspecified atom stereocenters. The molecule has 26 heavy (non-hydrogen) atoms. The summed E-state index contributed by atoms with van der Waals surface area (Å²) in [6.45, 7) is 1.95. The van der Waals surface area contributed by atoms with Gasteiger partial charge in [-0.3, -0.25) is 4.98 Å². The monoisotopic (exact) mass is 344 g/mol. The van der Waals surface area contributed by atoms with E-state index in [2.05, 4.69) is 9.97 Å². The molecule has 3 heteroatoms. The van der Waals surface area contributed by atoms with Crippen LogP contribution in [0.15, 0.2) is 53.1 Å². The van der Waals surface area contributed by atoms with Gasteiger partial charge in [0.15, 0.2) is 0 Å². The molecule has 4 aromatic rings. The second kappa shape index (κ2) is 6.24. The van der Waals surface area contributed by atoms with E-state index < -0.39 is 6.37 Å². The summed E-state index contributed by atoms with van der Waals surface area (Å²) < 4.78 is 23.5. The van der Waals surface area contributed by atoms with E-state index in [0.717, 1.165) is 59.0 Å². The van der Waals surface area contributed by atoms with E-state index >= 15 is 0 Å². The van der Waals surface area contributed by atoms with Crippen LogP contribution in [0.5, 0.6) is 0 Å². The van der Waals surface area contributed by atoms with Gasteiger partial charge in [0.1, 0.15) is 5.58 Å². The van der Waals surface area contributed by atoms with Crippen LogP contribution in [0.4, 0.5) is 0 Å². The Hall–Kier alpha value is -2.68. The molecule has 1 aliphatic carbocycles. The molecule has 0 aliphatic heterocycles. The third-order valence-electron chi connectivity index (χ3n) is 5.27. The first-order chi connectivity index (χ1) is 13.5. The van der Waals surface area contributed by atoms with E-state index in [1.54, 1.807) is 6.20 Å². The van der Waals surface area contributed by atoms with Gasteiger partial charge in [-0.05, 0) is 55.1 Å². The molecule has 130 valence electrons. The van der Waals surface area contributed by atoms with E-state index in [1.807, 2.05) is 49.4 Å². The van der Waals surface area contributed by atoms with Crippen molar-refractivity contribution in [2.45, 2.75) is 39.0 Å². The Balaban J connectivity index is 1.65. The van der Waals surface area contributed by atoms with Crippen LogP contribution in [0.1, 0.15) is 39.7 Å². The zero-order valence-corrected chi connectivity index (χ0v) is 14.8. The van der Waals surface area contributed by atoms with Crippen molar-refractivity contribution in [3.8, 4) is 11.3 Å². The van der Waals surface area contributed by atoms with E-state index in [0.29, 0.717) is 11.3 Å². The molecule has 3 aromatic heterocycles. The number of hydrogen-bond acceptors (Lipinski definition) is 3. The number of furan rings is 1. The summed E-state index contributed by atoms with van der Waals surface area (Å²) in [7, 11) is 0. The number of rotatable bonds is 3. The molecule has 1 fully saturated rings. The first kappa shape index (κ1) is 13.5. The fourth-order valence-corrected chi connectivity index (χ4v) is 3.95. The molecule has 0 amide bonds. The SMILES string of the molecule is [2H]C([2H])(c1ccnc(-c2cccc3c2oc2nc(C)ccc23)c1)C1CCCC1. The maximum atomic E-state index is 8.70. The molecule has 3 heterocycles. The molecule has 1 aliphatic rings. The van der Waals surface area contributed by atoms with Crippen molar-refractivity contribution in [2.24, 2.45) is 5.92 Å². The van der Waals surface area contributed by atoms with Crippen LogP contribution in [0.2, 0.25) is 0 Å². The molecule has 0 bridgehead atoms. The van der Waals surface area contributed by atoms with Crippen LogP contribution in [-0.2, 0) is 6.37 Å². The van der Waals surface area contributed by atoms with Crippen LogP contribution in [0.3, 0.4) is 0 Å². The van der Waals surface area contributed by atoms with Gasteiger partial charge in [0.25, 0.3) is 0 Å². The fourth-order valence-electron chi connectivity index (χ4n) is 3.95. The number of para-hydroxylation sites is 1. The number of aromatic nitrogens is 2. The van der Waals surface area contributed by atoms with Gasteiger partial charge in [-0.15, -0.1) is 0 Å². The highest BCUT2D eigenvalue weighted by Crippen LogP contribution is 2.35. The minimum Gasteiger partial charge on any atom is -0.437 e. The highest BCUT2D eigenvalue weighted by Gasteiger charge is 2.17. The Morgan fingerprint density at radius 2 is 2.00 bits per heavy atom. The van der Waals surface area contributed by atoms with Crippen molar-refractivity contribution >= 4 is 22.1 Å². The second-order valence-electron chi connectivity index (χ2n) is 7.15. The molecule has 0 atom stereocenters. The van der Waals surface area contributed by atoms with Gasteiger partial charge in [0.2, 0.25) is 5.71 Å². The van der Waals surface area contributed by atoms with Gasteiger partial charge in [0, 0.05) is 31.0 Å². The number of fused-ring (bicyclic) bond motifs is 3. The zero-order valence-electron chi connectivity index (χ0n) is 16.8. The topological polar surface area (TPSA) is 38.9 Å². The molecular weight excluding hydrogens is 320 g/mol. The number of benzene rings is 1. The van der Waals surface area contributed by atoms with Crippen LogP contribution >= 0.6 is 0 Å². The van der Waals surface area contributed by atoms with Crippen molar-refractivity contribution < 1.29 is 7.16 Å². The van der Waals surface area contributed by atoms with Crippen molar-refractivity contribution in [1.82, 2.24) is 9.97 Å². The third-order valence-corrected chi connectivity index (χ3v) is 5.27. The summed E-state index contributed by atoms with van der Waals surface area (Å²) in [4.78, 5) is 9.05. The molecule has 0 spiro atoms. The standard InChI is InChI=1S/C23H22N2O/c1-15-9-10-19-18-7-4-8-20(22(18)26-23(19)25-15)21-14-17(11-12-24-21)13-16-5-2-3-6-16/h4,7-12,14,16H,2-3,5-6,13H2,1H3/i13D2. The number of hydrogen-bond donors (Lipinski definition) is 0. The second-order valence-corrected chi connectivity index (χ2v) is 7.15. The number of nitrogens with zero attached hydrogens (tertiary/aromatic N) is 2. The lowest BCUT2D eigenvalue weighted by atomic mass is 9.97. The molecule has 0 radical (unpaired) electrons. The smallest absolute Gasteiger partial charge is 0.227 e. The summed E-state index contributed by atoms with van der Waals surface area (Å²) in [5.74, 6) is 0.0805. The lowest BCUT2D eigenvalue weighted by Gasteiger charge is -2.10. The Kier molecular flexibility index (Phi) is 3.24. The van der Waals surface area contributed by atoms with E-state index in [4.69, 9.17) is 7.16 Å². The van der Waals surface area contributed by atoms with Gasteiger partial charge in [-0.2, -0.15) is 0 Å². The van der Waals surface area contributed by atoms with Crippen LogP contribution in [0.25, 0.3) is 33.3 Å². The fraction of sp³-hybridized carbons (Fsp3) is 0.304. The van der Waals surface area contributed by atoms with Crippen LogP contribution < -0.4 is 0 Å². The number of pyridine rings is 2. The Morgan fingerprint density at radius 1 is 1.12 bits per heavy atom. The first-order valence-electron chi connectivity index (χ1n) is 10.3. The normalized spacial score (nSPS) is 17.0. The van der Waals surface area contributed by atoms with Crippen molar-refractivity contribution in [1.29, 1.82) is 0 Å². The highest BCUT2D eigenvalue weighted by atomic mass is 16.3. The van der Waals surface area contributed by atoms with E-state index in [-0.39, 0.29) is 5.92 Å². The summed E-state index contributed by atoms with van der Waals surface area (Å²) in [6.07, 6.45) is 4.51. The maximum absolute atomic E-state index is 8.70. The molecule has 1 aromatic carbocycles. The zero-order chi connectivity index (χ0) is 19.3. The summed E-state index contributed by atoms with van der Waals surface area (Å²) in [6, 6.07) is 13.7. The summed E-state index contributed by atoms with van der Waals surface area (Å²) in [5.41, 5.74) is 4.60. The first-order valence-corrected chi connectivity index (χ1v) is 9.30. The van der Waals surface area contributed by atoms with Crippen molar-refractivity contribution in [2.75, 3.05) is 0 Å². The Morgan fingerprint density at radius 3 is 2.88 bits per heavy atom. The molecule has 5 rings (SSSR count). The lowest BCUT2D eigenvalue weighted by molar-refractivity contribution is 0.546. The molecule has 0 N–H and O–H groups in total. The quantitative estimate of drug-likeness (QED) is 0.452. The van der Waals surface area contributed by atoms with Crippen molar-refractivity contribution in [3.63, 3.8) is 0 Å². The minimum absolute atomic E-state index is 0.0805. The summed E-state index contributed by atoms with van der Waals surface area (Å²) >= 11 is 0. The highest BCUT2D eigenvalue weighted by molar-refractivity contribution is 6.08. The lowest BCUT2D eigenvalue weighted by Crippen LogP contribution is -1.99. The predicted molar refractivity (Wildman–Crippen MR) is 105 cm³/mol. The predicted octanol–water partition coefficient (Wildman–Crippen LogP) is 6.08. The van der Waals surface area contributed by atoms with Gasteiger partial charge in [0.05, 0.1) is 5.69 Å². The van der Waals surface area contributed by atoms with Gasteiger partial charge >= 0.3 is 0 Å². The minimum atomic E-state index is -1.34. The third kappa shape index (κ3) is 2.68. The number of aryl methyl sites for hydroxylation is 1.